The summed E-state index contributed by atoms with van der Waals surface area (Å²) in [6.45, 7) is 1.96. The van der Waals surface area contributed by atoms with Crippen molar-refractivity contribution in [1.82, 2.24) is 15.2 Å². The summed E-state index contributed by atoms with van der Waals surface area (Å²) in [5.74, 6) is 0.609. The van der Waals surface area contributed by atoms with Gasteiger partial charge in [-0.3, -0.25) is 9.59 Å². The van der Waals surface area contributed by atoms with Crippen molar-refractivity contribution in [3.63, 3.8) is 0 Å². The van der Waals surface area contributed by atoms with Gasteiger partial charge in [0.05, 0.1) is 11.5 Å². The second-order valence-corrected chi connectivity index (χ2v) is 8.61. The van der Waals surface area contributed by atoms with Gasteiger partial charge in [0.25, 0.3) is 5.91 Å². The van der Waals surface area contributed by atoms with E-state index in [0.717, 1.165) is 24.3 Å². The van der Waals surface area contributed by atoms with E-state index in [2.05, 4.69) is 10.3 Å². The highest BCUT2D eigenvalue weighted by molar-refractivity contribution is 7.99. The van der Waals surface area contributed by atoms with E-state index >= 15 is 0 Å². The van der Waals surface area contributed by atoms with Gasteiger partial charge in [-0.2, -0.15) is 0 Å². The van der Waals surface area contributed by atoms with Gasteiger partial charge >= 0.3 is 0 Å². The van der Waals surface area contributed by atoms with Gasteiger partial charge in [-0.25, -0.2) is 4.98 Å². The summed E-state index contributed by atoms with van der Waals surface area (Å²) in [7, 11) is 0. The molecule has 0 spiro atoms. The molecule has 2 aromatic rings. The number of piperidine rings is 1. The van der Waals surface area contributed by atoms with Gasteiger partial charge in [-0.05, 0) is 55.9 Å². The Morgan fingerprint density at radius 3 is 2.71 bits per heavy atom. The topological polar surface area (TPSA) is 62.3 Å². The Balaban J connectivity index is 1.44. The average Bonchev–Trinajstić information content (AvgIpc) is 3.57. The third-order valence-electron chi connectivity index (χ3n) is 5.30. The molecule has 1 saturated heterocycles. The van der Waals surface area contributed by atoms with Crippen LogP contribution in [0.3, 0.4) is 0 Å². The number of aromatic nitrogens is 1. The van der Waals surface area contributed by atoms with Crippen LogP contribution in [-0.2, 0) is 4.79 Å². The van der Waals surface area contributed by atoms with E-state index in [4.69, 9.17) is 0 Å². The molecule has 1 atom stereocenters. The molecule has 6 heteroatoms. The first-order valence-corrected chi connectivity index (χ1v) is 10.8. The van der Waals surface area contributed by atoms with Crippen molar-refractivity contribution >= 4 is 23.6 Å². The van der Waals surface area contributed by atoms with Crippen molar-refractivity contribution in [1.29, 1.82) is 0 Å². The van der Waals surface area contributed by atoms with E-state index in [1.54, 1.807) is 12.3 Å². The van der Waals surface area contributed by atoms with Crippen LogP contribution in [0.25, 0.3) is 0 Å². The molecular weight excluding hydrogens is 370 g/mol. The summed E-state index contributed by atoms with van der Waals surface area (Å²) < 4.78 is 0. The minimum Gasteiger partial charge on any atom is -0.356 e. The third-order valence-corrected chi connectivity index (χ3v) is 6.33. The zero-order chi connectivity index (χ0) is 19.3. The molecule has 1 aromatic heterocycles. The molecule has 1 aromatic carbocycles. The van der Waals surface area contributed by atoms with E-state index in [9.17, 15) is 9.59 Å². The van der Waals surface area contributed by atoms with E-state index in [0.29, 0.717) is 29.6 Å². The van der Waals surface area contributed by atoms with E-state index in [1.165, 1.54) is 24.6 Å². The van der Waals surface area contributed by atoms with E-state index < -0.39 is 0 Å². The molecule has 146 valence electrons. The van der Waals surface area contributed by atoms with Crippen LogP contribution < -0.4 is 5.32 Å². The van der Waals surface area contributed by atoms with Crippen LogP contribution in [0.1, 0.15) is 36.0 Å². The number of pyridine rings is 1. The lowest BCUT2D eigenvalue weighted by atomic mass is 9.96. The molecule has 2 amide bonds. The van der Waals surface area contributed by atoms with Gasteiger partial charge < -0.3 is 10.2 Å². The molecule has 0 radical (unpaired) electrons. The van der Waals surface area contributed by atoms with Crippen LogP contribution >= 0.6 is 11.8 Å². The van der Waals surface area contributed by atoms with Gasteiger partial charge in [-0.1, -0.05) is 30.0 Å². The number of amides is 2. The molecular formula is C22H25N3O2S. The number of rotatable bonds is 6. The minimum absolute atomic E-state index is 0.0359. The second kappa shape index (κ2) is 8.78. The normalized spacial score (nSPS) is 19.3. The van der Waals surface area contributed by atoms with Crippen LogP contribution in [0.4, 0.5) is 0 Å². The number of nitrogens with one attached hydrogen (secondary N) is 1. The first-order valence-electron chi connectivity index (χ1n) is 9.95. The fourth-order valence-corrected chi connectivity index (χ4v) is 4.39. The van der Waals surface area contributed by atoms with Crippen LogP contribution in [-0.4, -0.2) is 41.3 Å². The number of carbonyl (C=O) groups is 2. The molecule has 0 bridgehead atoms. The molecule has 1 aliphatic carbocycles. The Labute approximate surface area is 169 Å². The Morgan fingerprint density at radius 1 is 1.11 bits per heavy atom. The van der Waals surface area contributed by atoms with Crippen LogP contribution in [0, 0.1) is 11.8 Å². The molecule has 1 N–H and O–H groups in total. The van der Waals surface area contributed by atoms with Crippen molar-refractivity contribution in [3.05, 3.63) is 54.2 Å². The van der Waals surface area contributed by atoms with Gasteiger partial charge in [0.2, 0.25) is 5.91 Å². The number of nitrogens with zero attached hydrogens (tertiary/aromatic N) is 2. The summed E-state index contributed by atoms with van der Waals surface area (Å²) in [6.07, 6.45) is 5.86. The van der Waals surface area contributed by atoms with Crippen molar-refractivity contribution in [2.45, 2.75) is 35.6 Å². The molecule has 1 aliphatic heterocycles. The quantitative estimate of drug-likeness (QED) is 0.812. The van der Waals surface area contributed by atoms with Gasteiger partial charge in [0.15, 0.2) is 0 Å². The van der Waals surface area contributed by atoms with E-state index in [-0.39, 0.29) is 17.7 Å². The maximum absolute atomic E-state index is 13.2. The molecule has 2 fully saturated rings. The second-order valence-electron chi connectivity index (χ2n) is 7.55. The zero-order valence-electron chi connectivity index (χ0n) is 15.8. The lowest BCUT2D eigenvalue weighted by Crippen LogP contribution is -2.45. The average molecular weight is 396 g/mol. The molecule has 28 heavy (non-hydrogen) atoms. The van der Waals surface area contributed by atoms with Crippen molar-refractivity contribution < 1.29 is 9.59 Å². The number of benzene rings is 1. The van der Waals surface area contributed by atoms with E-state index in [1.807, 2.05) is 41.3 Å². The van der Waals surface area contributed by atoms with Crippen LogP contribution in [0.15, 0.2) is 58.6 Å². The fourth-order valence-electron chi connectivity index (χ4n) is 3.49. The van der Waals surface area contributed by atoms with Crippen molar-refractivity contribution in [2.24, 2.45) is 11.8 Å². The molecule has 1 saturated carbocycles. The summed E-state index contributed by atoms with van der Waals surface area (Å²) in [5.41, 5.74) is 0.607. The van der Waals surface area contributed by atoms with Gasteiger partial charge in [-0.15, -0.1) is 0 Å². The largest absolute Gasteiger partial charge is 0.356 e. The molecule has 2 aliphatic rings. The molecule has 5 nitrogen and oxygen atoms in total. The Kier molecular flexibility index (Phi) is 5.95. The Bertz CT molecular complexity index is 839. The first kappa shape index (κ1) is 19.0. The maximum atomic E-state index is 13.2. The van der Waals surface area contributed by atoms with Crippen LogP contribution in [0.2, 0.25) is 0 Å². The third kappa shape index (κ3) is 4.73. The minimum atomic E-state index is -0.113. The Hall–Kier alpha value is -2.34. The molecule has 2 heterocycles. The number of carbonyl (C=O) groups excluding carboxylic acids is 2. The van der Waals surface area contributed by atoms with Crippen LogP contribution in [0.5, 0.6) is 0 Å². The summed E-state index contributed by atoms with van der Waals surface area (Å²) >= 11 is 1.49. The number of hydrogen-bond acceptors (Lipinski definition) is 4. The standard InChI is InChI=1S/C22H25N3O2S/c26-20(24-14-16-10-11-16)17-6-5-13-25(15-17)22(27)19-9-4-12-23-21(19)28-18-7-2-1-3-8-18/h1-4,7-9,12,16-17H,5-6,10-11,13-15H2,(H,24,26). The Morgan fingerprint density at radius 2 is 1.93 bits per heavy atom. The first-order chi connectivity index (χ1) is 13.7. The highest BCUT2D eigenvalue weighted by Gasteiger charge is 2.31. The predicted molar refractivity (Wildman–Crippen MR) is 109 cm³/mol. The number of hydrogen-bond donors (Lipinski definition) is 1. The predicted octanol–water partition coefficient (Wildman–Crippen LogP) is 3.61. The molecule has 1 unspecified atom stereocenters. The SMILES string of the molecule is O=C(NCC1CC1)C1CCCN(C(=O)c2cccnc2Sc2ccccc2)C1. The lowest BCUT2D eigenvalue weighted by Gasteiger charge is -2.32. The van der Waals surface area contributed by atoms with Crippen molar-refractivity contribution in [3.8, 4) is 0 Å². The zero-order valence-corrected chi connectivity index (χ0v) is 16.7. The highest BCUT2D eigenvalue weighted by Crippen LogP contribution is 2.30. The summed E-state index contributed by atoms with van der Waals surface area (Å²) in [4.78, 5) is 33.0. The monoisotopic (exact) mass is 395 g/mol. The molecule has 4 rings (SSSR count). The summed E-state index contributed by atoms with van der Waals surface area (Å²) in [5, 5.41) is 3.77. The van der Waals surface area contributed by atoms with Gasteiger partial charge in [0, 0.05) is 30.7 Å². The number of likely N-dealkylation sites (tertiary alicyclic amines) is 1. The highest BCUT2D eigenvalue weighted by atomic mass is 32.2. The van der Waals surface area contributed by atoms with Gasteiger partial charge in [0.1, 0.15) is 5.03 Å². The maximum Gasteiger partial charge on any atom is 0.256 e. The summed E-state index contributed by atoms with van der Waals surface area (Å²) in [6, 6.07) is 13.6. The van der Waals surface area contributed by atoms with Crippen molar-refractivity contribution in [2.75, 3.05) is 19.6 Å². The fraction of sp³-hybridized carbons (Fsp3) is 0.409. The lowest BCUT2D eigenvalue weighted by molar-refractivity contribution is -0.126. The smallest absolute Gasteiger partial charge is 0.256 e.